The van der Waals surface area contributed by atoms with Crippen LogP contribution in [0.1, 0.15) is 18.2 Å². The maximum Gasteiger partial charge on any atom is 0.0999 e. The molecule has 0 amide bonds. The Morgan fingerprint density at radius 2 is 2.38 bits per heavy atom. The van der Waals surface area contributed by atoms with Crippen molar-refractivity contribution in [2.75, 3.05) is 5.75 Å². The van der Waals surface area contributed by atoms with E-state index in [2.05, 4.69) is 23.0 Å². The number of pyridine rings is 1. The van der Waals surface area contributed by atoms with Crippen LogP contribution in [0.2, 0.25) is 0 Å². The third kappa shape index (κ3) is 1.75. The Kier molecular flexibility index (Phi) is 2.36. The standard InChI is InChI=1S/C10H12N2S/c1-7-6-13-10(12-7)9-4-3-5-11-8(9)2/h3-5,7H,6H2,1-2H3/t7-/m1/s1. The van der Waals surface area contributed by atoms with Gasteiger partial charge in [0, 0.05) is 23.2 Å². The van der Waals surface area contributed by atoms with Crippen molar-refractivity contribution >= 4 is 16.8 Å². The number of rotatable bonds is 1. The van der Waals surface area contributed by atoms with Crippen LogP contribution in [0.5, 0.6) is 0 Å². The molecule has 1 aliphatic rings. The highest BCUT2D eigenvalue weighted by molar-refractivity contribution is 8.14. The first kappa shape index (κ1) is 8.75. The number of aromatic nitrogens is 1. The van der Waals surface area contributed by atoms with Crippen LogP contribution in [0.4, 0.5) is 0 Å². The van der Waals surface area contributed by atoms with Gasteiger partial charge < -0.3 is 0 Å². The molecular weight excluding hydrogens is 180 g/mol. The predicted molar refractivity (Wildman–Crippen MR) is 57.4 cm³/mol. The zero-order valence-electron chi connectivity index (χ0n) is 7.82. The van der Waals surface area contributed by atoms with Crippen molar-refractivity contribution in [2.24, 2.45) is 4.99 Å². The van der Waals surface area contributed by atoms with Crippen LogP contribution in [-0.4, -0.2) is 21.8 Å². The molecule has 13 heavy (non-hydrogen) atoms. The molecular formula is C10H12N2S. The average Bonchev–Trinajstić information content (AvgIpc) is 2.53. The minimum atomic E-state index is 0.458. The van der Waals surface area contributed by atoms with Crippen LogP contribution in [0.15, 0.2) is 23.3 Å². The molecule has 68 valence electrons. The van der Waals surface area contributed by atoms with Crippen molar-refractivity contribution in [1.29, 1.82) is 0 Å². The fourth-order valence-corrected chi connectivity index (χ4v) is 2.43. The van der Waals surface area contributed by atoms with Gasteiger partial charge >= 0.3 is 0 Å². The van der Waals surface area contributed by atoms with Crippen molar-refractivity contribution in [2.45, 2.75) is 19.9 Å². The molecule has 0 fully saturated rings. The minimum Gasteiger partial charge on any atom is -0.274 e. The molecule has 0 spiro atoms. The highest BCUT2D eigenvalue weighted by atomic mass is 32.2. The first-order chi connectivity index (χ1) is 6.27. The lowest BCUT2D eigenvalue weighted by molar-refractivity contribution is 0.865. The Hall–Kier alpha value is -0.830. The molecule has 0 unspecified atom stereocenters. The molecule has 1 aromatic heterocycles. The van der Waals surface area contributed by atoms with Crippen molar-refractivity contribution in [1.82, 2.24) is 4.98 Å². The van der Waals surface area contributed by atoms with E-state index in [0.717, 1.165) is 16.5 Å². The number of hydrogen-bond acceptors (Lipinski definition) is 3. The topological polar surface area (TPSA) is 25.2 Å². The summed E-state index contributed by atoms with van der Waals surface area (Å²) in [6.07, 6.45) is 1.82. The van der Waals surface area contributed by atoms with Gasteiger partial charge in [-0.25, -0.2) is 0 Å². The summed E-state index contributed by atoms with van der Waals surface area (Å²) in [5, 5.41) is 1.15. The van der Waals surface area contributed by atoms with E-state index in [9.17, 15) is 0 Å². The van der Waals surface area contributed by atoms with Gasteiger partial charge in [0.15, 0.2) is 0 Å². The fourth-order valence-electron chi connectivity index (χ4n) is 1.33. The van der Waals surface area contributed by atoms with Gasteiger partial charge in [0.05, 0.1) is 11.1 Å². The first-order valence-corrected chi connectivity index (χ1v) is 5.38. The molecule has 3 heteroatoms. The first-order valence-electron chi connectivity index (χ1n) is 4.40. The molecule has 0 bridgehead atoms. The molecule has 0 saturated carbocycles. The summed E-state index contributed by atoms with van der Waals surface area (Å²) in [5.41, 5.74) is 2.26. The van der Waals surface area contributed by atoms with Gasteiger partial charge in [0.1, 0.15) is 0 Å². The number of nitrogens with zero attached hydrogens (tertiary/aromatic N) is 2. The molecule has 0 saturated heterocycles. The summed E-state index contributed by atoms with van der Waals surface area (Å²) >= 11 is 1.83. The number of thioether (sulfide) groups is 1. The van der Waals surface area contributed by atoms with Crippen LogP contribution >= 0.6 is 11.8 Å². The van der Waals surface area contributed by atoms with E-state index in [-0.39, 0.29) is 0 Å². The van der Waals surface area contributed by atoms with Crippen LogP contribution in [0.25, 0.3) is 0 Å². The van der Waals surface area contributed by atoms with Crippen LogP contribution < -0.4 is 0 Å². The summed E-state index contributed by atoms with van der Waals surface area (Å²) in [4.78, 5) is 8.81. The van der Waals surface area contributed by atoms with Gasteiger partial charge in [-0.15, -0.1) is 11.8 Å². The van der Waals surface area contributed by atoms with Gasteiger partial charge in [0.25, 0.3) is 0 Å². The quantitative estimate of drug-likeness (QED) is 0.682. The molecule has 1 aromatic rings. The second-order valence-corrected chi connectivity index (χ2v) is 4.24. The fraction of sp³-hybridized carbons (Fsp3) is 0.400. The van der Waals surface area contributed by atoms with Crippen LogP contribution in [0, 0.1) is 6.92 Å². The molecule has 0 radical (unpaired) electrons. The maximum absolute atomic E-state index is 4.56. The molecule has 0 aliphatic carbocycles. The molecule has 0 aromatic carbocycles. The molecule has 1 atom stereocenters. The lowest BCUT2D eigenvalue weighted by Gasteiger charge is -2.01. The molecule has 2 rings (SSSR count). The Morgan fingerprint density at radius 3 is 3.00 bits per heavy atom. The highest BCUT2D eigenvalue weighted by Gasteiger charge is 2.16. The SMILES string of the molecule is Cc1ncccc1C1=N[C@H](C)CS1. The van der Waals surface area contributed by atoms with E-state index in [1.165, 1.54) is 5.56 Å². The number of hydrogen-bond donors (Lipinski definition) is 0. The smallest absolute Gasteiger partial charge is 0.0999 e. The normalized spacial score (nSPS) is 21.7. The van der Waals surface area contributed by atoms with E-state index in [0.29, 0.717) is 6.04 Å². The number of aryl methyl sites for hydroxylation is 1. The lowest BCUT2D eigenvalue weighted by atomic mass is 10.2. The van der Waals surface area contributed by atoms with Crippen molar-refractivity contribution in [3.05, 3.63) is 29.6 Å². The number of aliphatic imine (C=N–C) groups is 1. The predicted octanol–water partition coefficient (Wildman–Crippen LogP) is 2.27. The second kappa shape index (κ2) is 3.50. The van der Waals surface area contributed by atoms with Gasteiger partial charge in [-0.2, -0.15) is 0 Å². The van der Waals surface area contributed by atoms with Crippen LogP contribution in [0.3, 0.4) is 0 Å². The molecule has 2 heterocycles. The lowest BCUT2D eigenvalue weighted by Crippen LogP contribution is -1.97. The summed E-state index contributed by atoms with van der Waals surface area (Å²) < 4.78 is 0. The summed E-state index contributed by atoms with van der Waals surface area (Å²) in [5.74, 6) is 1.10. The third-order valence-electron chi connectivity index (χ3n) is 2.04. The van der Waals surface area contributed by atoms with Crippen LogP contribution in [-0.2, 0) is 0 Å². The van der Waals surface area contributed by atoms with Crippen molar-refractivity contribution in [3.63, 3.8) is 0 Å². The molecule has 1 aliphatic heterocycles. The average molecular weight is 192 g/mol. The van der Waals surface area contributed by atoms with E-state index in [1.807, 2.05) is 30.9 Å². The zero-order chi connectivity index (χ0) is 9.26. The van der Waals surface area contributed by atoms with Gasteiger partial charge in [-0.3, -0.25) is 9.98 Å². The van der Waals surface area contributed by atoms with E-state index in [1.54, 1.807) is 0 Å². The summed E-state index contributed by atoms with van der Waals surface area (Å²) in [6.45, 7) is 4.17. The Balaban J connectivity index is 2.36. The summed E-state index contributed by atoms with van der Waals surface area (Å²) in [7, 11) is 0. The maximum atomic E-state index is 4.56. The van der Waals surface area contributed by atoms with Gasteiger partial charge in [0.2, 0.25) is 0 Å². The zero-order valence-corrected chi connectivity index (χ0v) is 8.64. The monoisotopic (exact) mass is 192 g/mol. The van der Waals surface area contributed by atoms with E-state index < -0.39 is 0 Å². The second-order valence-electron chi connectivity index (χ2n) is 3.23. The Labute approximate surface area is 82.5 Å². The van der Waals surface area contributed by atoms with Crippen molar-refractivity contribution in [3.8, 4) is 0 Å². The van der Waals surface area contributed by atoms with Gasteiger partial charge in [-0.05, 0) is 26.0 Å². The molecule has 2 nitrogen and oxygen atoms in total. The minimum absolute atomic E-state index is 0.458. The molecule has 0 N–H and O–H groups in total. The summed E-state index contributed by atoms with van der Waals surface area (Å²) in [6, 6.07) is 4.51. The van der Waals surface area contributed by atoms with Gasteiger partial charge in [-0.1, -0.05) is 0 Å². The largest absolute Gasteiger partial charge is 0.274 e. The van der Waals surface area contributed by atoms with Crippen molar-refractivity contribution < 1.29 is 0 Å². The Bertz CT molecular complexity index is 347. The van der Waals surface area contributed by atoms with E-state index in [4.69, 9.17) is 0 Å². The third-order valence-corrected chi connectivity index (χ3v) is 3.28. The Morgan fingerprint density at radius 1 is 1.54 bits per heavy atom. The highest BCUT2D eigenvalue weighted by Crippen LogP contribution is 2.23. The van der Waals surface area contributed by atoms with E-state index >= 15 is 0 Å².